The van der Waals surface area contributed by atoms with E-state index in [1.807, 2.05) is 0 Å². The molecule has 1 unspecified atom stereocenters. The van der Waals surface area contributed by atoms with Gasteiger partial charge in [0.25, 0.3) is 0 Å². The Hall–Kier alpha value is -0.770. The standard InChI is InChI=1S/C13H15NS2/c1-15-13-7-3-2-6-11(13)12(14)9-10-5-4-8-16-10/h2-8,12H,9,14H2,1H3. The number of nitrogens with two attached hydrogens (primary N) is 1. The molecule has 16 heavy (non-hydrogen) atoms. The SMILES string of the molecule is CSc1ccccc1C(N)Cc1cccs1. The van der Waals surface area contributed by atoms with Crippen LogP contribution < -0.4 is 5.73 Å². The van der Waals surface area contributed by atoms with Gasteiger partial charge in [0, 0.05) is 22.2 Å². The molecule has 0 saturated heterocycles. The fourth-order valence-electron chi connectivity index (χ4n) is 1.73. The Kier molecular flexibility index (Phi) is 4.04. The fraction of sp³-hybridized carbons (Fsp3) is 0.231. The van der Waals surface area contributed by atoms with Gasteiger partial charge in [0.1, 0.15) is 0 Å². The Balaban J connectivity index is 2.17. The minimum absolute atomic E-state index is 0.0994. The van der Waals surface area contributed by atoms with Crippen molar-refractivity contribution in [1.29, 1.82) is 0 Å². The third-order valence-corrected chi connectivity index (χ3v) is 4.25. The van der Waals surface area contributed by atoms with Crippen molar-refractivity contribution < 1.29 is 0 Å². The lowest BCUT2D eigenvalue weighted by atomic mass is 10.0. The van der Waals surface area contributed by atoms with Crippen LogP contribution in [-0.4, -0.2) is 6.26 Å². The van der Waals surface area contributed by atoms with E-state index in [1.54, 1.807) is 23.1 Å². The first-order valence-electron chi connectivity index (χ1n) is 5.22. The van der Waals surface area contributed by atoms with Crippen molar-refractivity contribution in [3.8, 4) is 0 Å². The van der Waals surface area contributed by atoms with Crippen LogP contribution in [0.15, 0.2) is 46.7 Å². The summed E-state index contributed by atoms with van der Waals surface area (Å²) in [6.07, 6.45) is 3.02. The Bertz CT molecular complexity index is 437. The Morgan fingerprint density at radius 2 is 2.06 bits per heavy atom. The molecule has 0 saturated carbocycles. The molecule has 0 aliphatic carbocycles. The molecule has 2 rings (SSSR count). The van der Waals surface area contributed by atoms with Crippen LogP contribution in [0.5, 0.6) is 0 Å². The van der Waals surface area contributed by atoms with Gasteiger partial charge < -0.3 is 5.73 Å². The van der Waals surface area contributed by atoms with E-state index in [0.717, 1.165) is 6.42 Å². The predicted octanol–water partition coefficient (Wildman–Crippen LogP) is 3.71. The molecule has 0 spiro atoms. The van der Waals surface area contributed by atoms with Crippen molar-refractivity contribution in [2.75, 3.05) is 6.26 Å². The van der Waals surface area contributed by atoms with Crippen molar-refractivity contribution >= 4 is 23.1 Å². The summed E-state index contributed by atoms with van der Waals surface area (Å²) in [6, 6.07) is 12.7. The molecular weight excluding hydrogens is 234 g/mol. The first-order chi connectivity index (χ1) is 7.81. The second-order valence-corrected chi connectivity index (χ2v) is 5.51. The number of hydrogen-bond donors (Lipinski definition) is 1. The van der Waals surface area contributed by atoms with Crippen molar-refractivity contribution in [2.45, 2.75) is 17.4 Å². The lowest BCUT2D eigenvalue weighted by molar-refractivity contribution is 0.715. The van der Waals surface area contributed by atoms with E-state index >= 15 is 0 Å². The summed E-state index contributed by atoms with van der Waals surface area (Å²) in [6.45, 7) is 0. The lowest BCUT2D eigenvalue weighted by Crippen LogP contribution is -2.13. The van der Waals surface area contributed by atoms with Crippen LogP contribution in [0, 0.1) is 0 Å². The Morgan fingerprint density at radius 3 is 2.75 bits per heavy atom. The van der Waals surface area contributed by atoms with Crippen molar-refractivity contribution in [1.82, 2.24) is 0 Å². The molecule has 84 valence electrons. The van der Waals surface area contributed by atoms with E-state index in [2.05, 4.69) is 48.0 Å². The Labute approximate surface area is 105 Å². The van der Waals surface area contributed by atoms with Gasteiger partial charge >= 0.3 is 0 Å². The average molecular weight is 249 g/mol. The van der Waals surface area contributed by atoms with Crippen LogP contribution in [0.25, 0.3) is 0 Å². The summed E-state index contributed by atoms with van der Waals surface area (Å²) in [5.74, 6) is 0. The maximum absolute atomic E-state index is 6.26. The van der Waals surface area contributed by atoms with Crippen LogP contribution in [0.4, 0.5) is 0 Å². The van der Waals surface area contributed by atoms with Gasteiger partial charge in [0.15, 0.2) is 0 Å². The maximum atomic E-state index is 6.26. The van der Waals surface area contributed by atoms with Crippen molar-refractivity contribution in [3.05, 3.63) is 52.2 Å². The summed E-state index contributed by atoms with van der Waals surface area (Å²) < 4.78 is 0. The molecule has 3 heteroatoms. The number of rotatable bonds is 4. The van der Waals surface area contributed by atoms with Gasteiger partial charge in [-0.25, -0.2) is 0 Å². The fourth-order valence-corrected chi connectivity index (χ4v) is 3.16. The number of hydrogen-bond acceptors (Lipinski definition) is 3. The molecule has 0 bridgehead atoms. The van der Waals surface area contributed by atoms with Gasteiger partial charge in [-0.05, 0) is 29.3 Å². The predicted molar refractivity (Wildman–Crippen MR) is 73.2 cm³/mol. The van der Waals surface area contributed by atoms with E-state index in [0.29, 0.717) is 0 Å². The van der Waals surface area contributed by atoms with Gasteiger partial charge in [0.05, 0.1) is 0 Å². The number of benzene rings is 1. The van der Waals surface area contributed by atoms with Crippen LogP contribution in [0.2, 0.25) is 0 Å². The zero-order valence-electron chi connectivity index (χ0n) is 9.22. The van der Waals surface area contributed by atoms with Crippen LogP contribution in [0.3, 0.4) is 0 Å². The van der Waals surface area contributed by atoms with E-state index in [1.165, 1.54) is 15.3 Å². The largest absolute Gasteiger partial charge is 0.324 e. The molecule has 0 amide bonds. The first-order valence-corrected chi connectivity index (χ1v) is 7.32. The highest BCUT2D eigenvalue weighted by atomic mass is 32.2. The summed E-state index contributed by atoms with van der Waals surface area (Å²) in [4.78, 5) is 2.63. The molecule has 0 radical (unpaired) electrons. The first kappa shape index (κ1) is 11.7. The van der Waals surface area contributed by atoms with E-state index in [-0.39, 0.29) is 6.04 Å². The zero-order valence-corrected chi connectivity index (χ0v) is 10.9. The molecule has 1 aromatic carbocycles. The third-order valence-electron chi connectivity index (χ3n) is 2.54. The maximum Gasteiger partial charge on any atom is 0.0354 e. The summed E-state index contributed by atoms with van der Waals surface area (Å²) in [7, 11) is 0. The van der Waals surface area contributed by atoms with E-state index in [4.69, 9.17) is 5.73 Å². The molecule has 0 aliphatic heterocycles. The molecule has 2 N–H and O–H groups in total. The molecular formula is C13H15NS2. The van der Waals surface area contributed by atoms with Crippen LogP contribution in [0.1, 0.15) is 16.5 Å². The summed E-state index contributed by atoms with van der Waals surface area (Å²) >= 11 is 3.53. The molecule has 1 nitrogen and oxygen atoms in total. The van der Waals surface area contributed by atoms with Crippen molar-refractivity contribution in [2.24, 2.45) is 5.73 Å². The zero-order chi connectivity index (χ0) is 11.4. The summed E-state index contributed by atoms with van der Waals surface area (Å²) in [5.41, 5.74) is 7.51. The smallest absolute Gasteiger partial charge is 0.0354 e. The highest BCUT2D eigenvalue weighted by molar-refractivity contribution is 7.98. The quantitative estimate of drug-likeness (QED) is 0.836. The van der Waals surface area contributed by atoms with Gasteiger partial charge in [-0.3, -0.25) is 0 Å². The molecule has 1 aromatic heterocycles. The minimum atomic E-state index is 0.0994. The highest BCUT2D eigenvalue weighted by Gasteiger charge is 2.11. The second kappa shape index (κ2) is 5.53. The van der Waals surface area contributed by atoms with Gasteiger partial charge in [0.2, 0.25) is 0 Å². The molecule has 0 aliphatic rings. The highest BCUT2D eigenvalue weighted by Crippen LogP contribution is 2.27. The molecule has 1 heterocycles. The van der Waals surface area contributed by atoms with E-state index < -0.39 is 0 Å². The normalized spacial score (nSPS) is 12.6. The average Bonchev–Trinajstić information content (AvgIpc) is 2.81. The van der Waals surface area contributed by atoms with E-state index in [9.17, 15) is 0 Å². The van der Waals surface area contributed by atoms with Crippen LogP contribution in [-0.2, 0) is 6.42 Å². The summed E-state index contributed by atoms with van der Waals surface area (Å²) in [5, 5.41) is 2.10. The van der Waals surface area contributed by atoms with Gasteiger partial charge in [-0.2, -0.15) is 0 Å². The lowest BCUT2D eigenvalue weighted by Gasteiger charge is -2.14. The minimum Gasteiger partial charge on any atom is -0.324 e. The second-order valence-electron chi connectivity index (χ2n) is 3.63. The third kappa shape index (κ3) is 2.67. The van der Waals surface area contributed by atoms with Crippen molar-refractivity contribution in [3.63, 3.8) is 0 Å². The Morgan fingerprint density at radius 1 is 1.25 bits per heavy atom. The molecule has 0 fully saturated rings. The number of thiophene rings is 1. The molecule has 1 atom stereocenters. The van der Waals surface area contributed by atoms with Gasteiger partial charge in [-0.1, -0.05) is 24.3 Å². The molecule has 2 aromatic rings. The van der Waals surface area contributed by atoms with Crippen LogP contribution >= 0.6 is 23.1 Å². The topological polar surface area (TPSA) is 26.0 Å². The number of thioether (sulfide) groups is 1. The monoisotopic (exact) mass is 249 g/mol. The van der Waals surface area contributed by atoms with Gasteiger partial charge in [-0.15, -0.1) is 23.1 Å².